The van der Waals surface area contributed by atoms with Crippen LogP contribution in [0.5, 0.6) is 0 Å². The van der Waals surface area contributed by atoms with Gasteiger partial charge in [-0.2, -0.15) is 0 Å². The van der Waals surface area contributed by atoms with E-state index in [0.717, 1.165) is 0 Å². The fourth-order valence-corrected chi connectivity index (χ4v) is 1.25. The van der Waals surface area contributed by atoms with Gasteiger partial charge in [0.25, 0.3) is 0 Å². The van der Waals surface area contributed by atoms with Gasteiger partial charge in [-0.3, -0.25) is 0 Å². The Bertz CT molecular complexity index is 126. The van der Waals surface area contributed by atoms with Gasteiger partial charge in [0.05, 0.1) is 12.7 Å². The van der Waals surface area contributed by atoms with Gasteiger partial charge >= 0.3 is 0 Å². The first-order valence-electron chi connectivity index (χ1n) is 3.23. The second kappa shape index (κ2) is 2.17. The second-order valence-corrected chi connectivity index (χ2v) is 2.87. The Balaban J connectivity index is 2.64. The summed E-state index contributed by atoms with van der Waals surface area (Å²) in [6.07, 6.45) is -2.11. The molecule has 1 aliphatic carbocycles. The lowest BCUT2D eigenvalue weighted by Gasteiger charge is -2.51. The maximum atomic E-state index is 9.27. The van der Waals surface area contributed by atoms with E-state index in [1.165, 1.54) is 0 Å². The molecule has 10 heavy (non-hydrogen) atoms. The van der Waals surface area contributed by atoms with Crippen molar-refractivity contribution in [1.82, 2.24) is 0 Å². The van der Waals surface area contributed by atoms with Crippen molar-refractivity contribution in [2.45, 2.75) is 24.7 Å². The Morgan fingerprint density at radius 3 is 2.10 bits per heavy atom. The molecule has 1 aliphatic rings. The molecule has 4 nitrogen and oxygen atoms in total. The first-order valence-corrected chi connectivity index (χ1v) is 3.23. The third-order valence-electron chi connectivity index (χ3n) is 2.39. The number of aliphatic hydroxyl groups is 4. The summed E-state index contributed by atoms with van der Waals surface area (Å²) in [4.78, 5) is 0. The minimum atomic E-state index is -1.49. The smallest absolute Gasteiger partial charge is 0.121 e. The van der Waals surface area contributed by atoms with Gasteiger partial charge < -0.3 is 20.4 Å². The van der Waals surface area contributed by atoms with Crippen LogP contribution in [0.1, 0.15) is 6.92 Å². The van der Waals surface area contributed by atoms with Gasteiger partial charge in [-0.25, -0.2) is 0 Å². The van der Waals surface area contributed by atoms with Gasteiger partial charge in [-0.15, -0.1) is 0 Å². The molecule has 1 rings (SSSR count). The van der Waals surface area contributed by atoms with E-state index in [9.17, 15) is 5.11 Å². The van der Waals surface area contributed by atoms with Crippen LogP contribution < -0.4 is 0 Å². The Hall–Kier alpha value is -0.160. The van der Waals surface area contributed by atoms with E-state index in [4.69, 9.17) is 15.3 Å². The molecule has 0 aromatic rings. The summed E-state index contributed by atoms with van der Waals surface area (Å²) in [6, 6.07) is 0. The van der Waals surface area contributed by atoms with Crippen LogP contribution in [0.25, 0.3) is 0 Å². The van der Waals surface area contributed by atoms with Crippen LogP contribution in [-0.2, 0) is 0 Å². The van der Waals surface area contributed by atoms with Gasteiger partial charge in [0.2, 0.25) is 0 Å². The largest absolute Gasteiger partial charge is 0.393 e. The van der Waals surface area contributed by atoms with E-state index in [1.807, 2.05) is 0 Å². The fourth-order valence-electron chi connectivity index (χ4n) is 1.25. The SMILES string of the molecule is CC1C(O)C(O)C1(O)CO. The van der Waals surface area contributed by atoms with Crippen molar-refractivity contribution in [3.05, 3.63) is 0 Å². The average Bonchev–Trinajstić information content (AvgIpc) is 2.00. The molecule has 0 heterocycles. The predicted molar refractivity (Wildman–Crippen MR) is 33.2 cm³/mol. The molecule has 0 bridgehead atoms. The van der Waals surface area contributed by atoms with Crippen molar-refractivity contribution in [3.63, 3.8) is 0 Å². The summed E-state index contributed by atoms with van der Waals surface area (Å²) in [5.74, 6) is -0.451. The maximum absolute atomic E-state index is 9.27. The molecule has 0 aromatic carbocycles. The van der Waals surface area contributed by atoms with Gasteiger partial charge in [0.15, 0.2) is 0 Å². The molecule has 4 N–H and O–H groups in total. The average molecular weight is 148 g/mol. The lowest BCUT2D eigenvalue weighted by molar-refractivity contribution is -0.267. The predicted octanol–water partition coefficient (Wildman–Crippen LogP) is -1.92. The van der Waals surface area contributed by atoms with Crippen LogP contribution in [0.15, 0.2) is 0 Å². The van der Waals surface area contributed by atoms with Crippen LogP contribution >= 0.6 is 0 Å². The normalized spacial score (nSPS) is 54.3. The topological polar surface area (TPSA) is 80.9 Å². The van der Waals surface area contributed by atoms with E-state index < -0.39 is 30.3 Å². The Kier molecular flexibility index (Phi) is 1.72. The second-order valence-electron chi connectivity index (χ2n) is 2.87. The first-order chi connectivity index (χ1) is 4.54. The monoisotopic (exact) mass is 148 g/mol. The lowest BCUT2D eigenvalue weighted by atomic mass is 9.66. The Labute approximate surface area is 58.7 Å². The van der Waals surface area contributed by atoms with Crippen molar-refractivity contribution in [2.75, 3.05) is 6.61 Å². The summed E-state index contributed by atoms with van der Waals surface area (Å²) >= 11 is 0. The molecule has 0 aliphatic heterocycles. The molecular formula is C6H12O4. The number of hydrogen-bond donors (Lipinski definition) is 4. The Morgan fingerprint density at radius 2 is 1.90 bits per heavy atom. The van der Waals surface area contributed by atoms with E-state index in [1.54, 1.807) is 6.92 Å². The zero-order chi connectivity index (χ0) is 7.94. The zero-order valence-electron chi connectivity index (χ0n) is 5.73. The maximum Gasteiger partial charge on any atom is 0.121 e. The lowest BCUT2D eigenvalue weighted by Crippen LogP contribution is -2.70. The van der Waals surface area contributed by atoms with Crippen molar-refractivity contribution >= 4 is 0 Å². The standard InChI is InChI=1S/C6H12O4/c1-3-4(8)5(9)6(3,10)2-7/h3-5,7-10H,2H2,1H3. The fraction of sp³-hybridized carbons (Fsp3) is 1.00. The first kappa shape index (κ1) is 7.94. The van der Waals surface area contributed by atoms with Crippen molar-refractivity contribution in [1.29, 1.82) is 0 Å². The van der Waals surface area contributed by atoms with Crippen LogP contribution in [0.2, 0.25) is 0 Å². The van der Waals surface area contributed by atoms with Gasteiger partial charge in [0, 0.05) is 5.92 Å². The van der Waals surface area contributed by atoms with Gasteiger partial charge in [-0.05, 0) is 0 Å². The number of rotatable bonds is 1. The summed E-state index contributed by atoms with van der Waals surface area (Å²) in [7, 11) is 0. The molecular weight excluding hydrogens is 136 g/mol. The molecule has 0 amide bonds. The van der Waals surface area contributed by atoms with E-state index in [-0.39, 0.29) is 0 Å². The van der Waals surface area contributed by atoms with Gasteiger partial charge in [0.1, 0.15) is 11.7 Å². The minimum absolute atomic E-state index is 0.451. The number of aliphatic hydroxyl groups excluding tert-OH is 3. The molecule has 4 atom stereocenters. The molecule has 4 heteroatoms. The van der Waals surface area contributed by atoms with Crippen molar-refractivity contribution in [2.24, 2.45) is 5.92 Å². The molecule has 0 aromatic heterocycles. The molecule has 0 spiro atoms. The van der Waals surface area contributed by atoms with Crippen LogP contribution in [0.3, 0.4) is 0 Å². The van der Waals surface area contributed by atoms with Crippen molar-refractivity contribution < 1.29 is 20.4 Å². The van der Waals surface area contributed by atoms with E-state index in [2.05, 4.69) is 0 Å². The highest BCUT2D eigenvalue weighted by Crippen LogP contribution is 2.38. The molecule has 1 fully saturated rings. The minimum Gasteiger partial charge on any atom is -0.393 e. The van der Waals surface area contributed by atoms with E-state index >= 15 is 0 Å². The van der Waals surface area contributed by atoms with Crippen LogP contribution in [0, 0.1) is 5.92 Å². The quantitative estimate of drug-likeness (QED) is 0.349. The van der Waals surface area contributed by atoms with Gasteiger partial charge in [-0.1, -0.05) is 6.92 Å². The molecule has 60 valence electrons. The van der Waals surface area contributed by atoms with E-state index in [0.29, 0.717) is 0 Å². The number of hydrogen-bond acceptors (Lipinski definition) is 4. The highest BCUT2D eigenvalue weighted by molar-refractivity contribution is 5.08. The third-order valence-corrected chi connectivity index (χ3v) is 2.39. The Morgan fingerprint density at radius 1 is 1.40 bits per heavy atom. The molecule has 4 unspecified atom stereocenters. The van der Waals surface area contributed by atoms with Crippen LogP contribution in [0.4, 0.5) is 0 Å². The molecule has 1 saturated carbocycles. The molecule has 0 saturated heterocycles. The highest BCUT2D eigenvalue weighted by atomic mass is 16.4. The molecule has 0 radical (unpaired) electrons. The summed E-state index contributed by atoms with van der Waals surface area (Å²) < 4.78 is 0. The summed E-state index contributed by atoms with van der Waals surface area (Å²) in [5, 5.41) is 35.7. The van der Waals surface area contributed by atoms with Crippen molar-refractivity contribution in [3.8, 4) is 0 Å². The summed E-state index contributed by atoms with van der Waals surface area (Å²) in [6.45, 7) is 1.07. The third kappa shape index (κ3) is 0.703. The summed E-state index contributed by atoms with van der Waals surface area (Å²) in [5.41, 5.74) is -1.49. The van der Waals surface area contributed by atoms with Crippen LogP contribution in [-0.4, -0.2) is 44.8 Å². The zero-order valence-corrected chi connectivity index (χ0v) is 5.73. The highest BCUT2D eigenvalue weighted by Gasteiger charge is 2.57.